The number of nitro groups is 1. The summed E-state index contributed by atoms with van der Waals surface area (Å²) in [7, 11) is 0. The van der Waals surface area contributed by atoms with Crippen LogP contribution in [-0.4, -0.2) is 40.0 Å². The van der Waals surface area contributed by atoms with Gasteiger partial charge in [0.2, 0.25) is 0 Å². The molecule has 0 saturated carbocycles. The molecule has 0 radical (unpaired) electrons. The molecule has 1 fully saturated rings. The number of nitro benzene ring substituents is 1. The second-order valence-electron chi connectivity index (χ2n) is 5.08. The minimum absolute atomic E-state index is 0.00489. The minimum atomic E-state index is -0.863. The molecular formula is C14H18N2O4. The summed E-state index contributed by atoms with van der Waals surface area (Å²) < 4.78 is 0. The lowest BCUT2D eigenvalue weighted by Crippen LogP contribution is -2.45. The Morgan fingerprint density at radius 1 is 1.35 bits per heavy atom. The number of hydrogen-bond acceptors (Lipinski definition) is 4. The predicted octanol–water partition coefficient (Wildman–Crippen LogP) is 2.08. The number of nitrogens with zero attached hydrogens (tertiary/aromatic N) is 2. The van der Waals surface area contributed by atoms with Gasteiger partial charge in [-0.3, -0.25) is 19.8 Å². The number of likely N-dealkylation sites (tertiary alicyclic amines) is 1. The van der Waals surface area contributed by atoms with Gasteiger partial charge in [-0.15, -0.1) is 0 Å². The summed E-state index contributed by atoms with van der Waals surface area (Å²) in [4.78, 5) is 23.7. The number of non-ortho nitro benzene ring substituents is 1. The van der Waals surface area contributed by atoms with Gasteiger partial charge in [0.25, 0.3) is 5.69 Å². The number of carboxylic acid groups (broad SMARTS) is 1. The summed E-state index contributed by atoms with van der Waals surface area (Å²) in [5, 5.41) is 20.1. The molecule has 0 aliphatic carbocycles. The lowest BCUT2D eigenvalue weighted by molar-refractivity contribution is -0.384. The first kappa shape index (κ1) is 14.5. The molecule has 0 aromatic heterocycles. The van der Waals surface area contributed by atoms with Crippen LogP contribution in [0.3, 0.4) is 0 Å². The summed E-state index contributed by atoms with van der Waals surface area (Å²) in [6, 6.07) is 5.62. The molecule has 1 aromatic carbocycles. The molecule has 1 N–H and O–H groups in total. The van der Waals surface area contributed by atoms with Crippen molar-refractivity contribution >= 4 is 11.7 Å². The Labute approximate surface area is 117 Å². The smallest absolute Gasteiger partial charge is 0.321 e. The van der Waals surface area contributed by atoms with Crippen LogP contribution in [0.1, 0.15) is 24.8 Å². The van der Waals surface area contributed by atoms with Crippen molar-refractivity contribution in [2.75, 3.05) is 13.1 Å². The van der Waals surface area contributed by atoms with E-state index >= 15 is 0 Å². The molecule has 0 bridgehead atoms. The molecule has 0 unspecified atom stereocenters. The molecule has 1 aromatic rings. The van der Waals surface area contributed by atoms with Gasteiger partial charge in [0.1, 0.15) is 6.04 Å². The highest BCUT2D eigenvalue weighted by atomic mass is 16.6. The van der Waals surface area contributed by atoms with E-state index in [1.54, 1.807) is 12.1 Å². The lowest BCUT2D eigenvalue weighted by Gasteiger charge is -2.32. The molecule has 1 heterocycles. The lowest BCUT2D eigenvalue weighted by atomic mass is 10.0. The zero-order valence-corrected chi connectivity index (χ0v) is 11.2. The van der Waals surface area contributed by atoms with Crippen molar-refractivity contribution in [3.05, 3.63) is 39.9 Å². The molecular weight excluding hydrogens is 260 g/mol. The first-order valence-corrected chi connectivity index (χ1v) is 6.78. The molecule has 6 nitrogen and oxygen atoms in total. The number of carbonyl (C=O) groups is 1. The van der Waals surface area contributed by atoms with E-state index in [1.807, 2.05) is 4.90 Å². The first-order chi connectivity index (χ1) is 9.58. The van der Waals surface area contributed by atoms with Gasteiger partial charge >= 0.3 is 5.97 Å². The van der Waals surface area contributed by atoms with Gasteiger partial charge in [-0.1, -0.05) is 18.6 Å². The predicted molar refractivity (Wildman–Crippen MR) is 73.6 cm³/mol. The largest absolute Gasteiger partial charge is 0.480 e. The number of hydrogen-bond donors (Lipinski definition) is 1. The maximum atomic E-state index is 11.4. The summed E-state index contributed by atoms with van der Waals surface area (Å²) in [5.41, 5.74) is 0.697. The highest BCUT2D eigenvalue weighted by Gasteiger charge is 2.27. The van der Waals surface area contributed by atoms with Crippen LogP contribution in [0.15, 0.2) is 24.3 Å². The fourth-order valence-electron chi connectivity index (χ4n) is 2.62. The number of aliphatic carboxylic acids is 1. The fourth-order valence-corrected chi connectivity index (χ4v) is 2.62. The SMILES string of the molecule is O=C(O)[C@@H](Cc1cccc([N+](=O)[O-])c1)N1CCCCC1. The Morgan fingerprint density at radius 3 is 2.65 bits per heavy atom. The highest BCUT2D eigenvalue weighted by Crippen LogP contribution is 2.19. The van der Waals surface area contributed by atoms with Gasteiger partial charge < -0.3 is 5.11 Å². The van der Waals surface area contributed by atoms with Crippen molar-refractivity contribution in [3.63, 3.8) is 0 Å². The van der Waals surface area contributed by atoms with E-state index in [9.17, 15) is 20.0 Å². The van der Waals surface area contributed by atoms with Crippen molar-refractivity contribution in [3.8, 4) is 0 Å². The van der Waals surface area contributed by atoms with Crippen LogP contribution in [0.4, 0.5) is 5.69 Å². The van der Waals surface area contributed by atoms with Crippen molar-refractivity contribution in [1.29, 1.82) is 0 Å². The van der Waals surface area contributed by atoms with E-state index in [0.29, 0.717) is 12.0 Å². The summed E-state index contributed by atoms with van der Waals surface area (Å²) in [5.74, 6) is -0.863. The van der Waals surface area contributed by atoms with Crippen LogP contribution < -0.4 is 0 Å². The Balaban J connectivity index is 2.13. The van der Waals surface area contributed by atoms with E-state index in [-0.39, 0.29) is 5.69 Å². The monoisotopic (exact) mass is 278 g/mol. The van der Waals surface area contributed by atoms with Gasteiger partial charge in [-0.2, -0.15) is 0 Å². The number of benzene rings is 1. The van der Waals surface area contributed by atoms with Crippen molar-refractivity contribution in [2.24, 2.45) is 0 Å². The molecule has 20 heavy (non-hydrogen) atoms. The molecule has 1 aliphatic rings. The van der Waals surface area contributed by atoms with Crippen LogP contribution >= 0.6 is 0 Å². The van der Waals surface area contributed by atoms with Gasteiger partial charge in [-0.25, -0.2) is 0 Å². The van der Waals surface area contributed by atoms with E-state index < -0.39 is 16.9 Å². The average molecular weight is 278 g/mol. The Hall–Kier alpha value is -1.95. The molecule has 6 heteroatoms. The third-order valence-corrected chi connectivity index (χ3v) is 3.67. The average Bonchev–Trinajstić information content (AvgIpc) is 2.45. The Morgan fingerprint density at radius 2 is 2.05 bits per heavy atom. The van der Waals surface area contributed by atoms with Gasteiger partial charge in [-0.05, 0) is 37.9 Å². The van der Waals surface area contributed by atoms with Gasteiger partial charge in [0.05, 0.1) is 4.92 Å². The molecule has 1 saturated heterocycles. The van der Waals surface area contributed by atoms with E-state index in [2.05, 4.69) is 0 Å². The van der Waals surface area contributed by atoms with Crippen molar-refractivity contribution in [2.45, 2.75) is 31.7 Å². The zero-order valence-electron chi connectivity index (χ0n) is 11.2. The van der Waals surface area contributed by atoms with Crippen LogP contribution in [0.2, 0.25) is 0 Å². The second-order valence-corrected chi connectivity index (χ2v) is 5.08. The topological polar surface area (TPSA) is 83.7 Å². The molecule has 0 spiro atoms. The standard InChI is InChI=1S/C14H18N2O4/c17-14(18)13(15-7-2-1-3-8-15)10-11-5-4-6-12(9-11)16(19)20/h4-6,9,13H,1-3,7-8,10H2,(H,17,18)/t13-/m1/s1. The summed E-state index contributed by atoms with van der Waals surface area (Å²) in [6.45, 7) is 1.57. The first-order valence-electron chi connectivity index (χ1n) is 6.78. The normalized spacial score (nSPS) is 17.6. The third-order valence-electron chi connectivity index (χ3n) is 3.67. The number of piperidine rings is 1. The second kappa shape index (κ2) is 6.47. The Bertz CT molecular complexity index is 498. The van der Waals surface area contributed by atoms with E-state index in [0.717, 1.165) is 32.4 Å². The number of carboxylic acids is 1. The molecule has 2 rings (SSSR count). The third kappa shape index (κ3) is 3.54. The van der Waals surface area contributed by atoms with Gasteiger partial charge in [0, 0.05) is 12.1 Å². The van der Waals surface area contributed by atoms with E-state index in [4.69, 9.17) is 0 Å². The van der Waals surface area contributed by atoms with Crippen LogP contribution in [0.5, 0.6) is 0 Å². The maximum absolute atomic E-state index is 11.4. The van der Waals surface area contributed by atoms with Crippen LogP contribution in [-0.2, 0) is 11.2 Å². The summed E-state index contributed by atoms with van der Waals surface area (Å²) in [6.07, 6.45) is 3.47. The van der Waals surface area contributed by atoms with Crippen molar-refractivity contribution < 1.29 is 14.8 Å². The number of rotatable bonds is 5. The van der Waals surface area contributed by atoms with Gasteiger partial charge in [0.15, 0.2) is 0 Å². The van der Waals surface area contributed by atoms with Crippen LogP contribution in [0.25, 0.3) is 0 Å². The maximum Gasteiger partial charge on any atom is 0.321 e. The van der Waals surface area contributed by atoms with E-state index in [1.165, 1.54) is 12.1 Å². The minimum Gasteiger partial charge on any atom is -0.480 e. The van der Waals surface area contributed by atoms with Crippen molar-refractivity contribution in [1.82, 2.24) is 4.90 Å². The quantitative estimate of drug-likeness (QED) is 0.658. The molecule has 0 amide bonds. The van der Waals surface area contributed by atoms with Crippen LogP contribution in [0, 0.1) is 10.1 Å². The molecule has 1 aliphatic heterocycles. The molecule has 108 valence electrons. The highest BCUT2D eigenvalue weighted by molar-refractivity contribution is 5.74. The summed E-state index contributed by atoms with van der Waals surface area (Å²) >= 11 is 0. The molecule has 1 atom stereocenters. The Kier molecular flexibility index (Phi) is 4.68. The fraction of sp³-hybridized carbons (Fsp3) is 0.500. The zero-order chi connectivity index (χ0) is 14.5.